The number of ether oxygens (including phenoxy) is 2. The minimum Gasteiger partial charge on any atom is -0.478 e. The van der Waals surface area contributed by atoms with Crippen molar-refractivity contribution in [2.45, 2.75) is 57.2 Å². The quantitative estimate of drug-likeness (QED) is 0.430. The minimum absolute atomic E-state index is 0.155. The third kappa shape index (κ3) is 2.89. The van der Waals surface area contributed by atoms with Gasteiger partial charge in [-0.3, -0.25) is 4.79 Å². The van der Waals surface area contributed by atoms with Gasteiger partial charge < -0.3 is 19.7 Å². The first-order valence-corrected chi connectivity index (χ1v) is 9.42. The van der Waals surface area contributed by atoms with Gasteiger partial charge in [-0.15, -0.1) is 0 Å². The SMILES string of the molecule is COC(=O)C1=CC[C@@]23CCC([C@@](C)(C=CC=C(C)C(=O)O)OC2=O)[C@@]3(O)CC1. The predicted molar refractivity (Wildman–Crippen MR) is 99.1 cm³/mol. The van der Waals surface area contributed by atoms with Gasteiger partial charge in [-0.25, -0.2) is 9.59 Å². The monoisotopic (exact) mass is 390 g/mol. The van der Waals surface area contributed by atoms with Gasteiger partial charge in [0.25, 0.3) is 0 Å². The largest absolute Gasteiger partial charge is 0.478 e. The number of aliphatic hydroxyl groups is 1. The molecule has 3 aliphatic rings. The Bertz CT molecular complexity index is 808. The molecule has 28 heavy (non-hydrogen) atoms. The van der Waals surface area contributed by atoms with E-state index in [2.05, 4.69) is 0 Å². The molecule has 3 rings (SSSR count). The highest BCUT2D eigenvalue weighted by molar-refractivity contribution is 5.89. The number of aliphatic carboxylic acids is 1. The Kier molecular flexibility index (Phi) is 5.00. The Labute approximate surface area is 163 Å². The van der Waals surface area contributed by atoms with E-state index in [-0.39, 0.29) is 24.3 Å². The van der Waals surface area contributed by atoms with Gasteiger partial charge in [-0.2, -0.15) is 0 Å². The van der Waals surface area contributed by atoms with Gasteiger partial charge in [0.2, 0.25) is 0 Å². The maximum Gasteiger partial charge on any atom is 0.333 e. The number of hydrogen-bond donors (Lipinski definition) is 2. The molecule has 1 saturated carbocycles. The second-order valence-corrected chi connectivity index (χ2v) is 8.11. The van der Waals surface area contributed by atoms with Crippen LogP contribution in [0, 0.1) is 11.3 Å². The van der Waals surface area contributed by atoms with Crippen LogP contribution >= 0.6 is 0 Å². The van der Waals surface area contributed by atoms with Crippen LogP contribution in [0.4, 0.5) is 0 Å². The van der Waals surface area contributed by atoms with Gasteiger partial charge in [-0.1, -0.05) is 18.2 Å². The van der Waals surface area contributed by atoms with Gasteiger partial charge in [0, 0.05) is 17.1 Å². The summed E-state index contributed by atoms with van der Waals surface area (Å²) in [6.07, 6.45) is 8.25. The zero-order chi connectivity index (χ0) is 20.7. The van der Waals surface area contributed by atoms with Crippen LogP contribution in [0.5, 0.6) is 0 Å². The fourth-order valence-electron chi connectivity index (χ4n) is 5.01. The molecular formula is C21H26O7. The van der Waals surface area contributed by atoms with Crippen LogP contribution in [-0.2, 0) is 23.9 Å². The van der Waals surface area contributed by atoms with Crippen LogP contribution in [0.1, 0.15) is 46.0 Å². The summed E-state index contributed by atoms with van der Waals surface area (Å²) in [6.45, 7) is 3.21. The molecule has 2 bridgehead atoms. The third-order valence-corrected chi connectivity index (χ3v) is 6.69. The first kappa shape index (κ1) is 20.3. The number of carboxylic acids is 1. The zero-order valence-electron chi connectivity index (χ0n) is 16.4. The molecule has 0 spiro atoms. The van der Waals surface area contributed by atoms with E-state index >= 15 is 0 Å². The molecule has 1 aliphatic heterocycles. The maximum atomic E-state index is 13.1. The molecule has 0 aromatic rings. The molecule has 2 N–H and O–H groups in total. The van der Waals surface area contributed by atoms with E-state index in [1.807, 2.05) is 0 Å². The molecule has 2 aliphatic carbocycles. The standard InChI is InChI=1S/C21H26O7/c1-13(16(22)23)5-4-9-19(2)15-8-11-20(18(25)28-19)10-6-14(17(24)27-3)7-12-21(15,20)26/h4-6,9,15,26H,7-8,10-12H2,1-3H3,(H,22,23)/t15?,19-,20-,21+/m1/s1. The lowest BCUT2D eigenvalue weighted by molar-refractivity contribution is -0.224. The van der Waals surface area contributed by atoms with Crippen LogP contribution in [0.3, 0.4) is 0 Å². The van der Waals surface area contributed by atoms with Crippen molar-refractivity contribution < 1.29 is 34.1 Å². The second-order valence-electron chi connectivity index (χ2n) is 8.11. The maximum absolute atomic E-state index is 13.1. The van der Waals surface area contributed by atoms with Crippen molar-refractivity contribution in [1.82, 2.24) is 0 Å². The van der Waals surface area contributed by atoms with Crippen LogP contribution in [0.25, 0.3) is 0 Å². The Morgan fingerprint density at radius 1 is 1.36 bits per heavy atom. The molecule has 7 heteroatoms. The Balaban J connectivity index is 1.95. The number of methoxy groups -OCH3 is 1. The van der Waals surface area contributed by atoms with Crippen LogP contribution in [0.15, 0.2) is 35.5 Å². The zero-order valence-corrected chi connectivity index (χ0v) is 16.4. The van der Waals surface area contributed by atoms with Gasteiger partial charge in [0.05, 0.1) is 12.7 Å². The van der Waals surface area contributed by atoms with Gasteiger partial charge >= 0.3 is 17.9 Å². The second kappa shape index (κ2) is 6.88. The summed E-state index contributed by atoms with van der Waals surface area (Å²) >= 11 is 0. The summed E-state index contributed by atoms with van der Waals surface area (Å²) in [4.78, 5) is 36.0. The highest BCUT2D eigenvalue weighted by Gasteiger charge is 2.71. The lowest BCUT2D eigenvalue weighted by Crippen LogP contribution is -2.63. The van der Waals surface area contributed by atoms with Crippen molar-refractivity contribution in [1.29, 1.82) is 0 Å². The van der Waals surface area contributed by atoms with Crippen molar-refractivity contribution in [3.8, 4) is 0 Å². The molecule has 1 heterocycles. The molecule has 2 fully saturated rings. The number of rotatable bonds is 4. The summed E-state index contributed by atoms with van der Waals surface area (Å²) in [5.41, 5.74) is -2.80. The summed E-state index contributed by atoms with van der Waals surface area (Å²) in [7, 11) is 1.31. The molecule has 0 aromatic heterocycles. The van der Waals surface area contributed by atoms with E-state index < -0.39 is 34.5 Å². The molecule has 4 atom stereocenters. The van der Waals surface area contributed by atoms with Crippen LogP contribution in [-0.4, -0.2) is 46.4 Å². The number of esters is 2. The van der Waals surface area contributed by atoms with Crippen molar-refractivity contribution >= 4 is 17.9 Å². The number of carboxylic acid groups (broad SMARTS) is 1. The van der Waals surface area contributed by atoms with E-state index in [0.717, 1.165) is 0 Å². The van der Waals surface area contributed by atoms with Crippen LogP contribution in [0.2, 0.25) is 0 Å². The van der Waals surface area contributed by atoms with E-state index in [1.54, 1.807) is 25.2 Å². The summed E-state index contributed by atoms with van der Waals surface area (Å²) < 4.78 is 10.6. The number of allylic oxidation sites excluding steroid dienone is 3. The number of carbonyl (C=O) groups is 3. The third-order valence-electron chi connectivity index (χ3n) is 6.69. The lowest BCUT2D eigenvalue weighted by Gasteiger charge is -2.52. The minimum atomic E-state index is -1.31. The average molecular weight is 390 g/mol. The van der Waals surface area contributed by atoms with Crippen molar-refractivity contribution in [3.05, 3.63) is 35.5 Å². The fourth-order valence-corrected chi connectivity index (χ4v) is 5.01. The molecule has 152 valence electrons. The molecule has 0 amide bonds. The van der Waals surface area contributed by atoms with Crippen molar-refractivity contribution in [2.24, 2.45) is 11.3 Å². The summed E-state index contributed by atoms with van der Waals surface area (Å²) in [5.74, 6) is -2.30. The highest BCUT2D eigenvalue weighted by Crippen LogP contribution is 2.63. The number of cyclic esters (lactones) is 1. The normalized spacial score (nSPS) is 37.7. The van der Waals surface area contributed by atoms with E-state index in [1.165, 1.54) is 20.1 Å². The van der Waals surface area contributed by atoms with Crippen LogP contribution < -0.4 is 0 Å². The van der Waals surface area contributed by atoms with Gasteiger partial charge in [-0.05, 0) is 52.0 Å². The van der Waals surface area contributed by atoms with E-state index in [4.69, 9.17) is 14.6 Å². The first-order chi connectivity index (χ1) is 13.1. The number of carbonyl (C=O) groups excluding carboxylic acids is 2. The smallest absolute Gasteiger partial charge is 0.333 e. The van der Waals surface area contributed by atoms with Gasteiger partial charge in [0.1, 0.15) is 11.0 Å². The average Bonchev–Trinajstić information content (AvgIpc) is 2.77. The fraction of sp³-hybridized carbons (Fsp3) is 0.571. The molecule has 0 aromatic carbocycles. The Hall–Kier alpha value is -2.41. The van der Waals surface area contributed by atoms with Crippen molar-refractivity contribution in [3.63, 3.8) is 0 Å². The summed E-state index contributed by atoms with van der Waals surface area (Å²) in [6, 6.07) is 0. The summed E-state index contributed by atoms with van der Waals surface area (Å²) in [5, 5.41) is 20.7. The molecule has 7 nitrogen and oxygen atoms in total. The van der Waals surface area contributed by atoms with E-state index in [0.29, 0.717) is 24.8 Å². The lowest BCUT2D eigenvalue weighted by atomic mass is 9.62. The first-order valence-electron chi connectivity index (χ1n) is 9.42. The predicted octanol–water partition coefficient (Wildman–Crippen LogP) is 2.30. The Morgan fingerprint density at radius 2 is 2.07 bits per heavy atom. The van der Waals surface area contributed by atoms with E-state index in [9.17, 15) is 19.5 Å². The van der Waals surface area contributed by atoms with Gasteiger partial charge in [0.15, 0.2) is 0 Å². The molecular weight excluding hydrogens is 364 g/mol. The molecule has 1 saturated heterocycles. The molecule has 0 radical (unpaired) electrons. The number of hydrogen-bond acceptors (Lipinski definition) is 6. The highest BCUT2D eigenvalue weighted by atomic mass is 16.6. The Morgan fingerprint density at radius 3 is 2.71 bits per heavy atom. The molecule has 1 unspecified atom stereocenters. The topological polar surface area (TPSA) is 110 Å². The van der Waals surface area contributed by atoms with Crippen molar-refractivity contribution in [2.75, 3.05) is 7.11 Å².